The zero-order chi connectivity index (χ0) is 13.8. The molecule has 1 aromatic rings. The summed E-state index contributed by atoms with van der Waals surface area (Å²) in [7, 11) is 1.97. The predicted octanol–water partition coefficient (Wildman–Crippen LogP) is 2.52. The molecule has 0 saturated carbocycles. The van der Waals surface area contributed by atoms with Crippen LogP contribution in [0.2, 0.25) is 0 Å². The average Bonchev–Trinajstić information content (AvgIpc) is 2.39. The average molecular weight is 266 g/mol. The number of phenolic OH excluding ortho intramolecular Hbond substituents is 1. The first-order chi connectivity index (χ1) is 9.11. The molecule has 0 bridgehead atoms. The van der Waals surface area contributed by atoms with Crippen molar-refractivity contribution < 1.29 is 9.50 Å². The first kappa shape index (κ1) is 14.3. The number of nitrogens with zero attached hydrogens (tertiary/aromatic N) is 1. The summed E-state index contributed by atoms with van der Waals surface area (Å²) < 4.78 is 13.9. The maximum Gasteiger partial charge on any atom is 0.131 e. The molecule has 106 valence electrons. The van der Waals surface area contributed by atoms with Crippen molar-refractivity contribution in [2.45, 2.75) is 25.8 Å². The van der Waals surface area contributed by atoms with Crippen LogP contribution in [-0.2, 0) is 0 Å². The summed E-state index contributed by atoms with van der Waals surface area (Å²) >= 11 is 0. The van der Waals surface area contributed by atoms with Crippen molar-refractivity contribution in [2.24, 2.45) is 5.92 Å². The maximum atomic E-state index is 13.9. The van der Waals surface area contributed by atoms with Crippen LogP contribution >= 0.6 is 0 Å². The largest absolute Gasteiger partial charge is 0.508 e. The highest BCUT2D eigenvalue weighted by Gasteiger charge is 2.25. The van der Waals surface area contributed by atoms with E-state index in [1.807, 2.05) is 14.0 Å². The third-order valence-electron chi connectivity index (χ3n) is 4.03. The van der Waals surface area contributed by atoms with E-state index < -0.39 is 0 Å². The van der Waals surface area contributed by atoms with Crippen LogP contribution in [0, 0.1) is 11.7 Å². The molecule has 19 heavy (non-hydrogen) atoms. The molecule has 2 atom stereocenters. The van der Waals surface area contributed by atoms with Crippen LogP contribution in [0.25, 0.3) is 0 Å². The van der Waals surface area contributed by atoms with E-state index >= 15 is 0 Å². The lowest BCUT2D eigenvalue weighted by Gasteiger charge is -2.37. The van der Waals surface area contributed by atoms with Crippen molar-refractivity contribution in [3.8, 4) is 5.75 Å². The normalized spacial score (nSPS) is 22.4. The highest BCUT2D eigenvalue weighted by atomic mass is 19.1. The Morgan fingerprint density at radius 1 is 1.53 bits per heavy atom. The topological polar surface area (TPSA) is 35.5 Å². The van der Waals surface area contributed by atoms with E-state index in [0.717, 1.165) is 26.1 Å². The van der Waals surface area contributed by atoms with Gasteiger partial charge in [-0.2, -0.15) is 0 Å². The number of phenols is 1. The predicted molar refractivity (Wildman–Crippen MR) is 74.7 cm³/mol. The third kappa shape index (κ3) is 3.45. The Labute approximate surface area is 114 Å². The minimum absolute atomic E-state index is 0.0137. The summed E-state index contributed by atoms with van der Waals surface area (Å²) in [5, 5.41) is 12.5. The van der Waals surface area contributed by atoms with Gasteiger partial charge in [-0.15, -0.1) is 0 Å². The van der Waals surface area contributed by atoms with E-state index in [0.29, 0.717) is 11.5 Å². The van der Waals surface area contributed by atoms with Gasteiger partial charge in [-0.1, -0.05) is 6.07 Å². The zero-order valence-electron chi connectivity index (χ0n) is 11.7. The summed E-state index contributed by atoms with van der Waals surface area (Å²) in [6, 6.07) is 4.50. The van der Waals surface area contributed by atoms with Gasteiger partial charge in [-0.3, -0.25) is 4.90 Å². The van der Waals surface area contributed by atoms with E-state index in [9.17, 15) is 9.50 Å². The van der Waals surface area contributed by atoms with E-state index in [2.05, 4.69) is 10.2 Å². The smallest absolute Gasteiger partial charge is 0.131 e. The molecule has 1 fully saturated rings. The number of aromatic hydroxyl groups is 1. The van der Waals surface area contributed by atoms with Gasteiger partial charge in [0.25, 0.3) is 0 Å². The molecule has 1 heterocycles. The molecule has 0 amide bonds. The van der Waals surface area contributed by atoms with Crippen LogP contribution in [0.1, 0.15) is 31.4 Å². The molecule has 2 rings (SSSR count). The number of halogens is 1. The minimum Gasteiger partial charge on any atom is -0.508 e. The van der Waals surface area contributed by atoms with Gasteiger partial charge in [0.15, 0.2) is 0 Å². The standard InChI is InChI=1S/C15H23FN2O/c1-11(14-6-5-13(19)8-15(14)16)18-7-3-4-12(10-18)9-17-2/h5-6,8,11-12,17,19H,3-4,7,9-10H2,1-2H3. The quantitative estimate of drug-likeness (QED) is 0.879. The number of hydrogen-bond acceptors (Lipinski definition) is 3. The van der Waals surface area contributed by atoms with E-state index in [4.69, 9.17) is 0 Å². The van der Waals surface area contributed by atoms with Crippen LogP contribution < -0.4 is 5.32 Å². The summed E-state index contributed by atoms with van der Waals surface area (Å²) in [4.78, 5) is 2.33. The number of rotatable bonds is 4. The molecule has 1 saturated heterocycles. The SMILES string of the molecule is CNCC1CCCN(C(C)c2ccc(O)cc2F)C1. The monoisotopic (exact) mass is 266 g/mol. The second-order valence-electron chi connectivity index (χ2n) is 5.44. The Kier molecular flexibility index (Phi) is 4.77. The number of likely N-dealkylation sites (tertiary alicyclic amines) is 1. The highest BCUT2D eigenvalue weighted by molar-refractivity contribution is 5.29. The highest BCUT2D eigenvalue weighted by Crippen LogP contribution is 2.29. The Bertz CT molecular complexity index is 423. The Hall–Kier alpha value is -1.13. The molecule has 3 nitrogen and oxygen atoms in total. The van der Waals surface area contributed by atoms with Crippen LogP contribution in [0.5, 0.6) is 5.75 Å². The van der Waals surface area contributed by atoms with Gasteiger partial charge in [-0.25, -0.2) is 4.39 Å². The van der Waals surface area contributed by atoms with Crippen LogP contribution in [0.3, 0.4) is 0 Å². The van der Waals surface area contributed by atoms with Crippen LogP contribution in [-0.4, -0.2) is 36.7 Å². The van der Waals surface area contributed by atoms with Crippen molar-refractivity contribution in [3.05, 3.63) is 29.6 Å². The summed E-state index contributed by atoms with van der Waals surface area (Å²) in [6.45, 7) is 5.07. The molecule has 1 aliphatic heterocycles. The molecule has 0 aromatic heterocycles. The third-order valence-corrected chi connectivity index (χ3v) is 4.03. The van der Waals surface area contributed by atoms with Crippen molar-refractivity contribution in [3.63, 3.8) is 0 Å². The zero-order valence-corrected chi connectivity index (χ0v) is 11.7. The van der Waals surface area contributed by atoms with Crippen molar-refractivity contribution >= 4 is 0 Å². The summed E-state index contributed by atoms with van der Waals surface area (Å²) in [6.07, 6.45) is 2.40. The van der Waals surface area contributed by atoms with Crippen molar-refractivity contribution in [1.29, 1.82) is 0 Å². The summed E-state index contributed by atoms with van der Waals surface area (Å²) in [5.41, 5.74) is 0.669. The van der Waals surface area contributed by atoms with Gasteiger partial charge in [0.2, 0.25) is 0 Å². The number of benzene rings is 1. The lowest BCUT2D eigenvalue weighted by Crippen LogP contribution is -2.40. The molecule has 2 N–H and O–H groups in total. The first-order valence-corrected chi connectivity index (χ1v) is 6.99. The second-order valence-corrected chi connectivity index (χ2v) is 5.44. The Morgan fingerprint density at radius 2 is 2.32 bits per heavy atom. The van der Waals surface area contributed by atoms with E-state index in [-0.39, 0.29) is 17.6 Å². The fourth-order valence-electron chi connectivity index (χ4n) is 2.96. The molecule has 1 aromatic carbocycles. The first-order valence-electron chi connectivity index (χ1n) is 6.99. The van der Waals surface area contributed by atoms with Crippen molar-refractivity contribution in [2.75, 3.05) is 26.7 Å². The molecule has 1 aliphatic rings. The fourth-order valence-corrected chi connectivity index (χ4v) is 2.96. The minimum atomic E-state index is -0.316. The summed E-state index contributed by atoms with van der Waals surface area (Å²) in [5.74, 6) is 0.310. The van der Waals surface area contributed by atoms with Gasteiger partial charge in [0, 0.05) is 24.2 Å². The van der Waals surface area contributed by atoms with E-state index in [1.54, 1.807) is 12.1 Å². The molecular formula is C15H23FN2O. The lowest BCUT2D eigenvalue weighted by atomic mass is 9.95. The number of nitrogens with one attached hydrogen (secondary N) is 1. The number of hydrogen-bond donors (Lipinski definition) is 2. The molecule has 4 heteroatoms. The van der Waals surface area contributed by atoms with Gasteiger partial charge in [0.1, 0.15) is 11.6 Å². The fraction of sp³-hybridized carbons (Fsp3) is 0.600. The number of piperidine rings is 1. The van der Waals surface area contributed by atoms with Gasteiger partial charge in [0.05, 0.1) is 0 Å². The van der Waals surface area contributed by atoms with Gasteiger partial charge < -0.3 is 10.4 Å². The Balaban J connectivity index is 2.07. The Morgan fingerprint density at radius 3 is 3.00 bits per heavy atom. The maximum absolute atomic E-state index is 13.9. The van der Waals surface area contributed by atoms with Crippen LogP contribution in [0.4, 0.5) is 4.39 Å². The molecule has 0 aliphatic carbocycles. The molecule has 0 radical (unpaired) electrons. The van der Waals surface area contributed by atoms with Gasteiger partial charge in [-0.05, 0) is 51.9 Å². The van der Waals surface area contributed by atoms with Crippen molar-refractivity contribution in [1.82, 2.24) is 10.2 Å². The van der Waals surface area contributed by atoms with E-state index in [1.165, 1.54) is 12.5 Å². The lowest BCUT2D eigenvalue weighted by molar-refractivity contribution is 0.129. The molecule has 0 spiro atoms. The van der Waals surface area contributed by atoms with Crippen LogP contribution in [0.15, 0.2) is 18.2 Å². The molecular weight excluding hydrogens is 243 g/mol. The second kappa shape index (κ2) is 6.35. The van der Waals surface area contributed by atoms with Gasteiger partial charge >= 0.3 is 0 Å². The molecule has 2 unspecified atom stereocenters.